The Morgan fingerprint density at radius 2 is 0.671 bits per heavy atom. The SMILES string of the molecule is Cc1cc(Cc2ccc(N(c3ccc(C4(c5ccc(N(c6ccc(Cc7cc(C)cc(-c8ccccc8)c7)cc6)c6ccc(C)cc6C)cc5)CCCCC4)cc3)c3ccc(C)cc3C)cc2)cc(-c2ccccc2)c1. The highest BCUT2D eigenvalue weighted by Gasteiger charge is 2.36. The molecule has 0 N–H and O–H groups in total. The van der Waals surface area contributed by atoms with E-state index in [0.29, 0.717) is 0 Å². The van der Waals surface area contributed by atoms with Crippen molar-refractivity contribution in [3.05, 3.63) is 297 Å². The predicted octanol–water partition coefficient (Wildman–Crippen LogP) is 20.2. The van der Waals surface area contributed by atoms with Gasteiger partial charge in [-0.05, 0) is 195 Å². The molecule has 0 amide bonds. The second-order valence-electron chi connectivity index (χ2n) is 21.8. The summed E-state index contributed by atoms with van der Waals surface area (Å²) in [5.41, 5.74) is 27.7. The third-order valence-electron chi connectivity index (χ3n) is 15.9. The summed E-state index contributed by atoms with van der Waals surface area (Å²) in [7, 11) is 0. The van der Waals surface area contributed by atoms with Gasteiger partial charge in [0.1, 0.15) is 0 Å². The van der Waals surface area contributed by atoms with Gasteiger partial charge < -0.3 is 9.80 Å². The summed E-state index contributed by atoms with van der Waals surface area (Å²) in [6.07, 6.45) is 7.75. The van der Waals surface area contributed by atoms with Crippen molar-refractivity contribution in [3.63, 3.8) is 0 Å². The molecule has 2 heteroatoms. The molecule has 0 unspecified atom stereocenters. The minimum atomic E-state index is -0.0693. The molecule has 1 aliphatic carbocycles. The van der Waals surface area contributed by atoms with Gasteiger partial charge in [-0.2, -0.15) is 0 Å². The van der Waals surface area contributed by atoms with Crippen molar-refractivity contribution >= 4 is 34.1 Å². The zero-order valence-corrected chi connectivity index (χ0v) is 45.3. The van der Waals surface area contributed by atoms with E-state index in [1.54, 1.807) is 0 Å². The van der Waals surface area contributed by atoms with E-state index in [1.807, 2.05) is 0 Å². The molecular weight excluding hydrogens is 917 g/mol. The number of nitrogens with zero attached hydrogens (tertiary/aromatic N) is 2. The van der Waals surface area contributed by atoms with Crippen LogP contribution < -0.4 is 9.80 Å². The van der Waals surface area contributed by atoms with E-state index in [4.69, 9.17) is 0 Å². The molecule has 0 aliphatic heterocycles. The van der Waals surface area contributed by atoms with Gasteiger partial charge >= 0.3 is 0 Å². The number of aryl methyl sites for hydroxylation is 6. The van der Waals surface area contributed by atoms with E-state index in [1.165, 1.54) is 131 Å². The summed E-state index contributed by atoms with van der Waals surface area (Å²) < 4.78 is 0. The zero-order valence-electron chi connectivity index (χ0n) is 45.3. The maximum Gasteiger partial charge on any atom is 0.0490 e. The molecule has 0 saturated heterocycles. The van der Waals surface area contributed by atoms with Crippen LogP contribution in [0.25, 0.3) is 22.3 Å². The highest BCUT2D eigenvalue weighted by molar-refractivity contribution is 5.81. The Morgan fingerprint density at radius 1 is 0.303 bits per heavy atom. The Hall–Kier alpha value is -8.20. The fourth-order valence-corrected chi connectivity index (χ4v) is 12.2. The lowest BCUT2D eigenvalue weighted by molar-refractivity contribution is 0.346. The maximum absolute atomic E-state index is 2.45. The first kappa shape index (κ1) is 50.0. The predicted molar refractivity (Wildman–Crippen MR) is 324 cm³/mol. The summed E-state index contributed by atoms with van der Waals surface area (Å²) in [5, 5.41) is 0. The topological polar surface area (TPSA) is 6.48 Å². The van der Waals surface area contributed by atoms with Crippen LogP contribution in [0, 0.1) is 41.5 Å². The minimum Gasteiger partial charge on any atom is -0.310 e. The van der Waals surface area contributed by atoms with E-state index in [2.05, 4.69) is 282 Å². The summed E-state index contributed by atoms with van der Waals surface area (Å²) >= 11 is 0. The molecule has 0 heterocycles. The lowest BCUT2D eigenvalue weighted by Crippen LogP contribution is -2.30. The van der Waals surface area contributed by atoms with Gasteiger partial charge in [0.2, 0.25) is 0 Å². The summed E-state index contributed by atoms with van der Waals surface area (Å²) in [5.74, 6) is 0. The van der Waals surface area contributed by atoms with Gasteiger partial charge in [-0.1, -0.05) is 211 Å². The Balaban J connectivity index is 0.884. The molecular formula is C74H70N2. The van der Waals surface area contributed by atoms with Gasteiger partial charge in [0, 0.05) is 39.5 Å². The normalized spacial score (nSPS) is 13.1. The molecule has 2 nitrogen and oxygen atoms in total. The Kier molecular flexibility index (Phi) is 14.4. The molecule has 0 aromatic heterocycles. The summed E-state index contributed by atoms with van der Waals surface area (Å²) in [4.78, 5) is 4.90. The third-order valence-corrected chi connectivity index (χ3v) is 15.9. The average Bonchev–Trinajstić information content (AvgIpc) is 3.45. The monoisotopic (exact) mass is 987 g/mol. The molecule has 376 valence electrons. The quantitative estimate of drug-likeness (QED) is 0.107. The van der Waals surface area contributed by atoms with E-state index in [-0.39, 0.29) is 5.41 Å². The standard InChI is InChI=1S/C74H70N2/c1-52-20-38-72(56(5)42-52)75(68-30-22-58(23-31-68)48-60-44-54(3)46-64(50-60)62-16-10-7-11-17-62)70-34-26-66(27-35-70)74(40-14-9-15-41-74)67-28-36-71(37-29-67)76(73-39-21-53(2)43-57(73)6)69-32-24-59(25-33-69)49-61-45-55(4)47-65(51-61)63-18-12-8-13-19-63/h7-8,10-13,16-39,42-47,50-51H,9,14-15,40-41,48-49H2,1-6H3. The first-order valence-corrected chi connectivity index (χ1v) is 27.5. The first-order valence-electron chi connectivity index (χ1n) is 27.5. The Bertz CT molecular complexity index is 3350. The lowest BCUT2D eigenvalue weighted by Gasteiger charge is -2.39. The largest absolute Gasteiger partial charge is 0.310 e. The van der Waals surface area contributed by atoms with Crippen molar-refractivity contribution in [2.24, 2.45) is 0 Å². The Morgan fingerprint density at radius 3 is 1.04 bits per heavy atom. The van der Waals surface area contributed by atoms with E-state index in [0.717, 1.165) is 37.1 Å². The van der Waals surface area contributed by atoms with Gasteiger partial charge in [-0.3, -0.25) is 0 Å². The third kappa shape index (κ3) is 10.8. The van der Waals surface area contributed by atoms with E-state index >= 15 is 0 Å². The van der Waals surface area contributed by atoms with Gasteiger partial charge in [-0.25, -0.2) is 0 Å². The van der Waals surface area contributed by atoms with Gasteiger partial charge in [-0.15, -0.1) is 0 Å². The van der Waals surface area contributed by atoms with Crippen LogP contribution in [0.3, 0.4) is 0 Å². The molecule has 1 fully saturated rings. The highest BCUT2D eigenvalue weighted by Crippen LogP contribution is 2.48. The molecule has 1 saturated carbocycles. The van der Waals surface area contributed by atoms with E-state index < -0.39 is 0 Å². The van der Waals surface area contributed by atoms with Crippen molar-refractivity contribution in [1.29, 1.82) is 0 Å². The van der Waals surface area contributed by atoms with Crippen molar-refractivity contribution < 1.29 is 0 Å². The molecule has 10 aromatic carbocycles. The number of hydrogen-bond donors (Lipinski definition) is 0. The summed E-state index contributed by atoms with van der Waals surface area (Å²) in [6.45, 7) is 13.3. The van der Waals surface area contributed by atoms with Crippen LogP contribution >= 0.6 is 0 Å². The lowest BCUT2D eigenvalue weighted by atomic mass is 9.65. The average molecular weight is 987 g/mol. The van der Waals surface area contributed by atoms with Crippen molar-refractivity contribution in [2.75, 3.05) is 9.80 Å². The van der Waals surface area contributed by atoms with Crippen LogP contribution in [0.15, 0.2) is 231 Å². The number of rotatable bonds is 14. The molecule has 0 radical (unpaired) electrons. The highest BCUT2D eigenvalue weighted by atomic mass is 15.1. The molecule has 0 spiro atoms. The van der Waals surface area contributed by atoms with Crippen LogP contribution in [0.2, 0.25) is 0 Å². The van der Waals surface area contributed by atoms with Gasteiger partial charge in [0.15, 0.2) is 0 Å². The van der Waals surface area contributed by atoms with Gasteiger partial charge in [0.05, 0.1) is 0 Å². The number of anilines is 6. The molecule has 0 bridgehead atoms. The number of benzene rings is 10. The maximum atomic E-state index is 2.45. The molecule has 0 atom stereocenters. The fraction of sp³-hybridized carbons (Fsp3) is 0.189. The fourth-order valence-electron chi connectivity index (χ4n) is 12.2. The molecule has 10 aromatic rings. The summed E-state index contributed by atoms with van der Waals surface area (Å²) in [6, 6.07) is 86.8. The molecule has 11 rings (SSSR count). The van der Waals surface area contributed by atoms with E-state index in [9.17, 15) is 0 Å². The van der Waals surface area contributed by atoms with Crippen LogP contribution in [0.4, 0.5) is 34.1 Å². The van der Waals surface area contributed by atoms with Crippen LogP contribution in [0.5, 0.6) is 0 Å². The first-order chi connectivity index (χ1) is 37.0. The minimum absolute atomic E-state index is 0.0693. The van der Waals surface area contributed by atoms with Crippen molar-refractivity contribution in [3.8, 4) is 22.3 Å². The Labute approximate surface area is 453 Å². The number of hydrogen-bond acceptors (Lipinski definition) is 2. The van der Waals surface area contributed by atoms with Crippen LogP contribution in [-0.4, -0.2) is 0 Å². The second-order valence-corrected chi connectivity index (χ2v) is 21.8. The van der Waals surface area contributed by atoms with Crippen LogP contribution in [0.1, 0.15) is 98.9 Å². The molecule has 76 heavy (non-hydrogen) atoms. The zero-order chi connectivity index (χ0) is 52.2. The smallest absolute Gasteiger partial charge is 0.0490 e. The molecule has 1 aliphatic rings. The second kappa shape index (κ2) is 21.9. The van der Waals surface area contributed by atoms with Gasteiger partial charge in [0.25, 0.3) is 0 Å². The van der Waals surface area contributed by atoms with Crippen LogP contribution in [-0.2, 0) is 18.3 Å². The van der Waals surface area contributed by atoms with Crippen molar-refractivity contribution in [2.45, 2.75) is 91.9 Å². The van der Waals surface area contributed by atoms with Crippen molar-refractivity contribution in [1.82, 2.24) is 0 Å².